The summed E-state index contributed by atoms with van der Waals surface area (Å²) < 4.78 is 5.89. The third-order valence-electron chi connectivity index (χ3n) is 6.26. The van der Waals surface area contributed by atoms with Gasteiger partial charge in [0.1, 0.15) is 22.9 Å². The second-order valence-electron chi connectivity index (χ2n) is 8.54. The fourth-order valence-corrected chi connectivity index (χ4v) is 4.40. The van der Waals surface area contributed by atoms with Crippen LogP contribution in [0.25, 0.3) is 0 Å². The van der Waals surface area contributed by atoms with E-state index in [9.17, 15) is 9.90 Å². The fourth-order valence-electron chi connectivity index (χ4n) is 4.40. The van der Waals surface area contributed by atoms with Gasteiger partial charge in [0.05, 0.1) is 0 Å². The molecule has 0 unspecified atom stereocenters. The van der Waals surface area contributed by atoms with Crippen molar-refractivity contribution in [3.8, 4) is 23.3 Å². The van der Waals surface area contributed by atoms with E-state index < -0.39 is 5.60 Å². The predicted octanol–water partition coefficient (Wildman–Crippen LogP) is 3.93. The highest BCUT2D eigenvalue weighted by Crippen LogP contribution is 2.35. The number of nitrogens with one attached hydrogen (secondary N) is 1. The van der Waals surface area contributed by atoms with Crippen LogP contribution < -0.4 is 10.1 Å². The Labute approximate surface area is 193 Å². The molecule has 2 N–H and O–H groups in total. The van der Waals surface area contributed by atoms with Gasteiger partial charge in [-0.3, -0.25) is 9.69 Å². The highest BCUT2D eigenvalue weighted by Gasteiger charge is 2.44. The zero-order chi connectivity index (χ0) is 22.7. The Morgan fingerprint density at radius 1 is 1.03 bits per heavy atom. The molecule has 6 heteroatoms. The molecule has 0 radical (unpaired) electrons. The molecule has 6 nitrogen and oxygen atoms in total. The van der Waals surface area contributed by atoms with Gasteiger partial charge in [-0.2, -0.15) is 0 Å². The number of rotatable bonds is 4. The van der Waals surface area contributed by atoms with Crippen molar-refractivity contribution < 1.29 is 14.6 Å². The molecule has 2 aromatic carbocycles. The normalized spacial score (nSPS) is 23.3. The van der Waals surface area contributed by atoms with Gasteiger partial charge in [-0.25, -0.2) is 4.98 Å². The number of fused-ring (bicyclic) bond motifs is 3. The van der Waals surface area contributed by atoms with Crippen molar-refractivity contribution in [2.24, 2.45) is 5.92 Å². The minimum Gasteiger partial charge on any atom is -0.457 e. The molecule has 0 spiro atoms. The molecule has 1 atom stereocenters. The van der Waals surface area contributed by atoms with Crippen molar-refractivity contribution in [3.63, 3.8) is 0 Å². The van der Waals surface area contributed by atoms with E-state index in [1.807, 2.05) is 30.3 Å². The number of aromatic nitrogens is 1. The summed E-state index contributed by atoms with van der Waals surface area (Å²) in [5.41, 5.74) is 0.453. The number of ether oxygens (including phenoxy) is 1. The predicted molar refractivity (Wildman–Crippen MR) is 126 cm³/mol. The van der Waals surface area contributed by atoms with Gasteiger partial charge < -0.3 is 15.2 Å². The van der Waals surface area contributed by atoms with Crippen molar-refractivity contribution >= 4 is 11.7 Å². The van der Waals surface area contributed by atoms with Crippen molar-refractivity contribution in [1.82, 2.24) is 9.88 Å². The van der Waals surface area contributed by atoms with E-state index in [2.05, 4.69) is 27.0 Å². The lowest BCUT2D eigenvalue weighted by atomic mass is 9.76. The molecular formula is C27H25N3O3. The molecule has 0 aliphatic carbocycles. The van der Waals surface area contributed by atoms with E-state index >= 15 is 0 Å². The summed E-state index contributed by atoms with van der Waals surface area (Å²) in [6.45, 7) is 2.77. The Morgan fingerprint density at radius 3 is 2.33 bits per heavy atom. The Hall–Kier alpha value is -3.66. The SMILES string of the molecule is O=C(Nc1ccccn1)c1ccc(Oc2ccc(C#C[C@]3(O)CN4CCC3CC4)cc2)cc1. The van der Waals surface area contributed by atoms with E-state index in [4.69, 9.17) is 4.74 Å². The molecule has 2 bridgehead atoms. The highest BCUT2D eigenvalue weighted by molar-refractivity contribution is 6.03. The lowest BCUT2D eigenvalue weighted by Crippen LogP contribution is -2.58. The van der Waals surface area contributed by atoms with E-state index in [1.54, 1.807) is 42.6 Å². The topological polar surface area (TPSA) is 74.7 Å². The first-order valence-corrected chi connectivity index (χ1v) is 11.2. The first-order chi connectivity index (χ1) is 16.1. The number of piperidine rings is 3. The van der Waals surface area contributed by atoms with Crippen LogP contribution in [-0.2, 0) is 0 Å². The van der Waals surface area contributed by atoms with Crippen molar-refractivity contribution in [1.29, 1.82) is 0 Å². The molecule has 0 saturated carbocycles. The fraction of sp³-hybridized carbons (Fsp3) is 0.259. The Bertz CT molecular complexity index is 1180. The Balaban J connectivity index is 1.20. The van der Waals surface area contributed by atoms with Gasteiger partial charge in [-0.15, -0.1) is 0 Å². The summed E-state index contributed by atoms with van der Waals surface area (Å²) >= 11 is 0. The van der Waals surface area contributed by atoms with Crippen LogP contribution >= 0.6 is 0 Å². The molecule has 3 saturated heterocycles. The minimum absolute atomic E-state index is 0.229. The zero-order valence-electron chi connectivity index (χ0n) is 18.2. The van der Waals surface area contributed by atoms with E-state index in [0.717, 1.165) is 31.5 Å². The molecule has 1 aromatic heterocycles. The van der Waals surface area contributed by atoms with E-state index in [1.165, 1.54) is 0 Å². The number of benzene rings is 2. The second-order valence-corrected chi connectivity index (χ2v) is 8.54. The van der Waals surface area contributed by atoms with Crippen LogP contribution in [0.2, 0.25) is 0 Å². The quantitative estimate of drug-likeness (QED) is 0.603. The van der Waals surface area contributed by atoms with Crippen molar-refractivity contribution in [2.45, 2.75) is 18.4 Å². The summed E-state index contributed by atoms with van der Waals surface area (Å²) in [6.07, 6.45) is 3.66. The lowest BCUT2D eigenvalue weighted by molar-refractivity contribution is -0.0713. The maximum Gasteiger partial charge on any atom is 0.256 e. The highest BCUT2D eigenvalue weighted by atomic mass is 16.5. The maximum atomic E-state index is 12.3. The Kier molecular flexibility index (Phi) is 5.82. The summed E-state index contributed by atoms with van der Waals surface area (Å²) in [5.74, 6) is 8.12. The number of anilines is 1. The summed E-state index contributed by atoms with van der Waals surface area (Å²) in [4.78, 5) is 18.7. The number of hydrogen-bond donors (Lipinski definition) is 2. The number of nitrogens with zero attached hydrogens (tertiary/aromatic N) is 2. The molecule has 3 aromatic rings. The third-order valence-corrected chi connectivity index (χ3v) is 6.26. The maximum absolute atomic E-state index is 12.3. The number of hydrogen-bond acceptors (Lipinski definition) is 5. The monoisotopic (exact) mass is 439 g/mol. The molecule has 6 rings (SSSR count). The molecule has 3 aliphatic heterocycles. The van der Waals surface area contributed by atoms with Crippen LogP contribution in [-0.4, -0.2) is 46.1 Å². The van der Waals surface area contributed by atoms with E-state index in [0.29, 0.717) is 29.4 Å². The molecule has 3 aliphatic rings. The third kappa shape index (κ3) is 4.90. The average Bonchev–Trinajstić information content (AvgIpc) is 2.85. The molecule has 33 heavy (non-hydrogen) atoms. The first-order valence-electron chi connectivity index (χ1n) is 11.2. The van der Waals surface area contributed by atoms with Gasteiger partial charge in [-0.05, 0) is 86.6 Å². The van der Waals surface area contributed by atoms with Crippen molar-refractivity contribution in [2.75, 3.05) is 25.0 Å². The zero-order valence-corrected chi connectivity index (χ0v) is 18.2. The molecule has 4 heterocycles. The summed E-state index contributed by atoms with van der Waals surface area (Å²) in [5, 5.41) is 13.7. The van der Waals surface area contributed by atoms with Crippen LogP contribution in [0.4, 0.5) is 5.82 Å². The largest absolute Gasteiger partial charge is 0.457 e. The summed E-state index contributed by atoms with van der Waals surface area (Å²) in [6, 6.07) is 19.8. The van der Waals surface area contributed by atoms with Gasteiger partial charge in [0.25, 0.3) is 5.91 Å². The van der Waals surface area contributed by atoms with Crippen LogP contribution in [0.3, 0.4) is 0 Å². The number of aliphatic hydroxyl groups is 1. The van der Waals surface area contributed by atoms with Crippen molar-refractivity contribution in [3.05, 3.63) is 84.1 Å². The standard InChI is InChI=1S/C27H25N3O3/c31-26(29-25-3-1-2-16-28-25)21-6-10-24(11-7-21)33-23-8-4-20(5-9-23)12-15-27(32)19-30-17-13-22(27)14-18-30/h1-11,16,22,32H,13-14,17-19H2,(H,28,29,31)/t27-/m0/s1. The first kappa shape index (κ1) is 21.2. The van der Waals surface area contributed by atoms with Gasteiger partial charge >= 0.3 is 0 Å². The minimum atomic E-state index is -0.906. The van der Waals surface area contributed by atoms with Gasteiger partial charge in [0.15, 0.2) is 0 Å². The van der Waals surface area contributed by atoms with Gasteiger partial charge in [0, 0.05) is 29.8 Å². The Morgan fingerprint density at radius 2 is 1.73 bits per heavy atom. The van der Waals surface area contributed by atoms with Gasteiger partial charge in [-0.1, -0.05) is 17.9 Å². The van der Waals surface area contributed by atoms with Crippen LogP contribution in [0, 0.1) is 17.8 Å². The molecule has 3 fully saturated rings. The number of amides is 1. The number of pyridine rings is 1. The average molecular weight is 440 g/mol. The second kappa shape index (κ2) is 9.07. The molecule has 166 valence electrons. The van der Waals surface area contributed by atoms with Gasteiger partial charge in [0.2, 0.25) is 0 Å². The number of carbonyl (C=O) groups is 1. The van der Waals surface area contributed by atoms with E-state index in [-0.39, 0.29) is 11.8 Å². The van der Waals surface area contributed by atoms with Crippen LogP contribution in [0.5, 0.6) is 11.5 Å². The molecule has 1 amide bonds. The smallest absolute Gasteiger partial charge is 0.256 e. The van der Waals surface area contributed by atoms with Crippen LogP contribution in [0.15, 0.2) is 72.9 Å². The lowest BCUT2D eigenvalue weighted by Gasteiger charge is -2.47. The summed E-state index contributed by atoms with van der Waals surface area (Å²) in [7, 11) is 0. The van der Waals surface area contributed by atoms with Crippen LogP contribution in [0.1, 0.15) is 28.8 Å². The molecular weight excluding hydrogens is 414 g/mol. The number of carbonyl (C=O) groups excluding carboxylic acids is 1.